The lowest BCUT2D eigenvalue weighted by Crippen LogP contribution is -2.42. The minimum Gasteiger partial charge on any atom is -0.508 e. The first-order valence-corrected chi connectivity index (χ1v) is 10.6. The number of carbonyl (C=O) groups is 1. The van der Waals surface area contributed by atoms with E-state index in [4.69, 9.17) is 4.74 Å². The fourth-order valence-electron chi connectivity index (χ4n) is 3.78. The molecule has 1 N–H and O–H groups in total. The number of aryl methyl sites for hydroxylation is 1. The third kappa shape index (κ3) is 4.95. The lowest BCUT2D eigenvalue weighted by molar-refractivity contribution is 0.0177. The fourth-order valence-corrected chi connectivity index (χ4v) is 3.78. The predicted molar refractivity (Wildman–Crippen MR) is 118 cm³/mol. The van der Waals surface area contributed by atoms with Gasteiger partial charge in [0.05, 0.1) is 29.1 Å². The Morgan fingerprint density at radius 1 is 1.19 bits per heavy atom. The Kier molecular flexibility index (Phi) is 5.56. The summed E-state index contributed by atoms with van der Waals surface area (Å²) in [5.41, 5.74) is 3.33. The predicted octanol–water partition coefficient (Wildman–Crippen LogP) is 4.15. The molecule has 0 atom stereocenters. The maximum Gasteiger partial charge on any atom is 0.410 e. The molecule has 1 aliphatic rings. The van der Waals surface area contributed by atoms with Crippen LogP contribution in [0.2, 0.25) is 0 Å². The lowest BCUT2D eigenvalue weighted by Gasteiger charge is -2.33. The highest BCUT2D eigenvalue weighted by Gasteiger charge is 2.27. The standard InChI is InChI=1S/C23H29N5O3/c1-15-9-18-19(10-21(15)29)26-20(12-24-18)17-11-25-28(14-17)13-16-5-7-27(8-6-16)22(30)31-23(2,3)4/h9-12,14,16,29H,5-8,13H2,1-4H3. The van der Waals surface area contributed by atoms with Crippen molar-refractivity contribution in [2.75, 3.05) is 13.1 Å². The number of fused-ring (bicyclic) bond motifs is 1. The highest BCUT2D eigenvalue weighted by molar-refractivity contribution is 5.79. The summed E-state index contributed by atoms with van der Waals surface area (Å²) in [6, 6.07) is 3.47. The van der Waals surface area contributed by atoms with Crippen LogP contribution in [0.1, 0.15) is 39.2 Å². The summed E-state index contributed by atoms with van der Waals surface area (Å²) in [4.78, 5) is 23.1. The van der Waals surface area contributed by atoms with Crippen molar-refractivity contribution in [2.45, 2.75) is 52.7 Å². The van der Waals surface area contributed by atoms with E-state index in [0.29, 0.717) is 24.5 Å². The molecule has 0 spiro atoms. The molecule has 1 aliphatic heterocycles. The molecule has 3 aromatic rings. The zero-order chi connectivity index (χ0) is 22.2. The Hall–Kier alpha value is -3.16. The van der Waals surface area contributed by atoms with Gasteiger partial charge in [0.2, 0.25) is 0 Å². The molecule has 0 saturated carbocycles. The van der Waals surface area contributed by atoms with E-state index in [1.165, 1.54) is 0 Å². The number of rotatable bonds is 3. The highest BCUT2D eigenvalue weighted by atomic mass is 16.6. The van der Waals surface area contributed by atoms with Crippen molar-refractivity contribution in [3.63, 3.8) is 0 Å². The SMILES string of the molecule is Cc1cc2ncc(-c3cnn(CC4CCN(C(=O)OC(C)(C)C)CC4)c3)nc2cc1O. The Morgan fingerprint density at radius 2 is 1.94 bits per heavy atom. The van der Waals surface area contributed by atoms with Crippen LogP contribution in [-0.4, -0.2) is 54.5 Å². The molecule has 0 bridgehead atoms. The van der Waals surface area contributed by atoms with Crippen LogP contribution in [0.3, 0.4) is 0 Å². The fraction of sp³-hybridized carbons (Fsp3) is 0.478. The number of ether oxygens (including phenoxy) is 1. The number of aromatic hydroxyl groups is 1. The molecule has 2 aromatic heterocycles. The quantitative estimate of drug-likeness (QED) is 0.680. The molecular formula is C23H29N5O3. The van der Waals surface area contributed by atoms with Crippen molar-refractivity contribution in [1.82, 2.24) is 24.6 Å². The van der Waals surface area contributed by atoms with Crippen LogP contribution >= 0.6 is 0 Å². The molecule has 31 heavy (non-hydrogen) atoms. The maximum atomic E-state index is 12.2. The Labute approximate surface area is 181 Å². The normalized spacial score (nSPS) is 15.4. The van der Waals surface area contributed by atoms with Gasteiger partial charge in [0.15, 0.2) is 0 Å². The third-order valence-corrected chi connectivity index (χ3v) is 5.50. The second kappa shape index (κ2) is 8.17. The number of likely N-dealkylation sites (tertiary alicyclic amines) is 1. The number of hydrogen-bond acceptors (Lipinski definition) is 6. The zero-order valence-electron chi connectivity index (χ0n) is 18.5. The van der Waals surface area contributed by atoms with Crippen LogP contribution in [-0.2, 0) is 11.3 Å². The van der Waals surface area contributed by atoms with Gasteiger partial charge in [0, 0.05) is 37.5 Å². The van der Waals surface area contributed by atoms with E-state index >= 15 is 0 Å². The van der Waals surface area contributed by atoms with Crippen molar-refractivity contribution in [3.8, 4) is 17.0 Å². The Morgan fingerprint density at radius 3 is 2.65 bits per heavy atom. The second-order valence-electron chi connectivity index (χ2n) is 9.24. The maximum absolute atomic E-state index is 12.2. The number of carbonyl (C=O) groups excluding carboxylic acids is 1. The minimum absolute atomic E-state index is 0.215. The molecule has 1 amide bonds. The number of benzene rings is 1. The van der Waals surface area contributed by atoms with Gasteiger partial charge in [0.1, 0.15) is 11.4 Å². The third-order valence-electron chi connectivity index (χ3n) is 5.50. The number of phenols is 1. The number of piperidine rings is 1. The van der Waals surface area contributed by atoms with Crippen molar-refractivity contribution in [2.24, 2.45) is 5.92 Å². The van der Waals surface area contributed by atoms with Gasteiger partial charge in [-0.25, -0.2) is 9.78 Å². The van der Waals surface area contributed by atoms with Gasteiger partial charge in [-0.15, -0.1) is 0 Å². The second-order valence-corrected chi connectivity index (χ2v) is 9.24. The summed E-state index contributed by atoms with van der Waals surface area (Å²) >= 11 is 0. The molecule has 1 fully saturated rings. The smallest absolute Gasteiger partial charge is 0.410 e. The van der Waals surface area contributed by atoms with E-state index < -0.39 is 5.60 Å². The number of nitrogens with zero attached hydrogens (tertiary/aromatic N) is 5. The van der Waals surface area contributed by atoms with Gasteiger partial charge in [-0.05, 0) is 58.1 Å². The first kappa shape index (κ1) is 21.1. The zero-order valence-corrected chi connectivity index (χ0v) is 18.5. The van der Waals surface area contributed by atoms with Gasteiger partial charge in [0.25, 0.3) is 0 Å². The van der Waals surface area contributed by atoms with E-state index in [1.54, 1.807) is 23.4 Å². The summed E-state index contributed by atoms with van der Waals surface area (Å²) in [5.74, 6) is 0.668. The summed E-state index contributed by atoms with van der Waals surface area (Å²) in [6.07, 6.45) is 7.11. The van der Waals surface area contributed by atoms with Crippen molar-refractivity contribution in [1.29, 1.82) is 0 Å². The number of hydrogen-bond donors (Lipinski definition) is 1. The van der Waals surface area contributed by atoms with E-state index in [0.717, 1.165) is 41.7 Å². The minimum atomic E-state index is -0.470. The molecule has 8 nitrogen and oxygen atoms in total. The van der Waals surface area contributed by atoms with Gasteiger partial charge in [-0.1, -0.05) is 0 Å². The van der Waals surface area contributed by atoms with Gasteiger partial charge in [-0.2, -0.15) is 5.10 Å². The molecular weight excluding hydrogens is 394 g/mol. The molecule has 0 radical (unpaired) electrons. The van der Waals surface area contributed by atoms with Gasteiger partial charge >= 0.3 is 6.09 Å². The highest BCUT2D eigenvalue weighted by Crippen LogP contribution is 2.25. The van der Waals surface area contributed by atoms with Crippen LogP contribution < -0.4 is 0 Å². The first-order valence-electron chi connectivity index (χ1n) is 10.6. The first-order chi connectivity index (χ1) is 14.7. The number of phenolic OH excluding ortho intramolecular Hbond substituents is 1. The van der Waals surface area contributed by atoms with Crippen molar-refractivity contribution in [3.05, 3.63) is 36.3 Å². The van der Waals surface area contributed by atoms with Crippen LogP contribution in [0.5, 0.6) is 5.75 Å². The van der Waals surface area contributed by atoms with Crippen LogP contribution in [0.25, 0.3) is 22.3 Å². The van der Waals surface area contributed by atoms with Gasteiger partial charge in [-0.3, -0.25) is 9.67 Å². The summed E-state index contributed by atoms with van der Waals surface area (Å²) < 4.78 is 7.40. The average Bonchev–Trinajstić information content (AvgIpc) is 3.16. The molecule has 3 heterocycles. The molecule has 0 unspecified atom stereocenters. The Bertz CT molecular complexity index is 1090. The number of amides is 1. The topological polar surface area (TPSA) is 93.4 Å². The Balaban J connectivity index is 1.38. The molecule has 4 rings (SSSR count). The summed E-state index contributed by atoms with van der Waals surface area (Å²) in [7, 11) is 0. The van der Waals surface area contributed by atoms with Crippen molar-refractivity contribution < 1.29 is 14.6 Å². The average molecular weight is 424 g/mol. The monoisotopic (exact) mass is 423 g/mol. The van der Waals surface area contributed by atoms with Crippen LogP contribution in [0.4, 0.5) is 4.79 Å². The molecule has 8 heteroatoms. The lowest BCUT2D eigenvalue weighted by atomic mass is 9.97. The van der Waals surface area contributed by atoms with E-state index in [1.807, 2.05) is 44.6 Å². The van der Waals surface area contributed by atoms with E-state index in [2.05, 4.69) is 15.1 Å². The molecule has 0 aliphatic carbocycles. The number of aromatic nitrogens is 4. The summed E-state index contributed by atoms with van der Waals surface area (Å²) in [5, 5.41) is 14.5. The van der Waals surface area contributed by atoms with Crippen LogP contribution in [0.15, 0.2) is 30.7 Å². The largest absolute Gasteiger partial charge is 0.508 e. The molecule has 164 valence electrons. The molecule has 1 aromatic carbocycles. The summed E-state index contributed by atoms with van der Waals surface area (Å²) in [6.45, 7) is 9.69. The van der Waals surface area contributed by atoms with E-state index in [9.17, 15) is 9.90 Å². The van der Waals surface area contributed by atoms with Crippen LogP contribution in [0, 0.1) is 12.8 Å². The molecule has 1 saturated heterocycles. The van der Waals surface area contributed by atoms with E-state index in [-0.39, 0.29) is 11.8 Å². The van der Waals surface area contributed by atoms with Gasteiger partial charge < -0.3 is 14.7 Å². The van der Waals surface area contributed by atoms with Crippen molar-refractivity contribution >= 4 is 17.1 Å².